The number of benzene rings is 3. The molecule has 1 N–H and O–H groups in total. The van der Waals surface area contributed by atoms with Gasteiger partial charge in [0, 0.05) is 41.3 Å². The van der Waals surface area contributed by atoms with Crippen LogP contribution in [0.15, 0.2) is 122 Å². The molecule has 0 bridgehead atoms. The zero-order chi connectivity index (χ0) is 36.6. The van der Waals surface area contributed by atoms with Gasteiger partial charge in [-0.2, -0.15) is 9.99 Å². The first-order valence-electron chi connectivity index (χ1n) is 15.6. The van der Waals surface area contributed by atoms with Crippen molar-refractivity contribution in [3.05, 3.63) is 149 Å². The molecule has 0 amide bonds. The summed E-state index contributed by atoms with van der Waals surface area (Å²) in [4.78, 5) is 18.2. The molecule has 0 aliphatic heterocycles. The summed E-state index contributed by atoms with van der Waals surface area (Å²) in [5.41, 5.74) is 7.60. The van der Waals surface area contributed by atoms with Crippen LogP contribution in [0.2, 0.25) is 5.02 Å². The molecule has 3 aromatic carbocycles. The minimum atomic E-state index is -0.813. The van der Waals surface area contributed by atoms with E-state index in [-0.39, 0.29) is 5.56 Å². The molecule has 5 aromatic rings. The number of hydrogen-bond donors (Lipinski definition) is 1. The molecule has 0 atom stereocenters. The van der Waals surface area contributed by atoms with Gasteiger partial charge < -0.3 is 5.21 Å². The van der Waals surface area contributed by atoms with Crippen molar-refractivity contribution in [2.45, 2.75) is 42.8 Å². The molecule has 0 spiro atoms. The maximum atomic E-state index is 11.0. The fourth-order valence-corrected chi connectivity index (χ4v) is 4.96. The van der Waals surface area contributed by atoms with Crippen LogP contribution in [0, 0.1) is 5.21 Å². The van der Waals surface area contributed by atoms with E-state index >= 15 is 0 Å². The highest BCUT2D eigenvalue weighted by Crippen LogP contribution is 2.20. The van der Waals surface area contributed by atoms with E-state index in [2.05, 4.69) is 58.4 Å². The molecule has 50 heavy (non-hydrogen) atoms. The summed E-state index contributed by atoms with van der Waals surface area (Å²) in [6.07, 6.45) is 13.3. The minimum Gasteiger partial charge on any atom is -0.619 e. The van der Waals surface area contributed by atoms with Crippen LogP contribution in [-0.4, -0.2) is 32.3 Å². The van der Waals surface area contributed by atoms with Crippen LogP contribution < -0.4 is 4.73 Å². The molecule has 2 heterocycles. The molecule has 0 unspecified atom stereocenters. The Hall–Kier alpha value is -3.07. The fraction of sp³-hybridized carbons (Fsp3) is 0.237. The lowest BCUT2D eigenvalue weighted by Crippen LogP contribution is -2.23. The van der Waals surface area contributed by atoms with Crippen LogP contribution in [-0.2, 0) is 17.7 Å². The Morgan fingerprint density at radius 2 is 1.14 bits per heavy atom. The van der Waals surface area contributed by atoms with Gasteiger partial charge in [-0.1, -0.05) is 101 Å². The first-order chi connectivity index (χ1) is 24.2. The number of aromatic nitrogens is 2. The lowest BCUT2D eigenvalue weighted by Gasteiger charge is -2.04. The van der Waals surface area contributed by atoms with Gasteiger partial charge >= 0.3 is 5.97 Å². The van der Waals surface area contributed by atoms with Gasteiger partial charge in [0.2, 0.25) is 0 Å². The van der Waals surface area contributed by atoms with Crippen molar-refractivity contribution in [1.29, 1.82) is 0 Å². The third-order valence-corrected chi connectivity index (χ3v) is 7.67. The average Bonchev–Trinajstić information content (AvgIpc) is 3.13. The molecule has 6 nitrogen and oxygen atoms in total. The molecular formula is C38H38Cl6N2O4. The van der Waals surface area contributed by atoms with Crippen molar-refractivity contribution in [1.82, 2.24) is 4.98 Å². The average molecular weight is 799 g/mol. The van der Waals surface area contributed by atoms with Crippen molar-refractivity contribution in [2.24, 2.45) is 0 Å². The smallest absolute Gasteiger partial charge is 0.372 e. The van der Waals surface area contributed by atoms with Gasteiger partial charge in [-0.15, -0.1) is 23.2 Å². The summed E-state index contributed by atoms with van der Waals surface area (Å²) >= 11 is 31.3. The Bertz CT molecular complexity index is 1620. The topological polar surface area (TPSA) is 86.4 Å². The van der Waals surface area contributed by atoms with Gasteiger partial charge in [0.25, 0.3) is 0 Å². The van der Waals surface area contributed by atoms with Crippen LogP contribution in [0.3, 0.4) is 0 Å². The number of alkyl halides is 5. The maximum absolute atomic E-state index is 11.0. The summed E-state index contributed by atoms with van der Waals surface area (Å²) in [6, 6.07) is 31.0. The molecule has 5 rings (SSSR count). The monoisotopic (exact) mass is 796 g/mol. The Morgan fingerprint density at radius 3 is 1.56 bits per heavy atom. The van der Waals surface area contributed by atoms with Crippen LogP contribution in [0.1, 0.15) is 47.2 Å². The Labute approximate surface area is 324 Å². The van der Waals surface area contributed by atoms with Gasteiger partial charge in [-0.05, 0) is 102 Å². The minimum absolute atomic E-state index is 0.222. The SMILES string of the molecule is ClC(Cl)Cl.ClCCCCc1ccc(-c2ccncc2)cc1.O=C(OO)c1cccc(Cl)c1.[O-][n+]1ccc(-c2ccc(CCCCCl)cc2)cc1. The number of hydrogen-bond acceptors (Lipinski definition) is 5. The molecule has 0 fully saturated rings. The Morgan fingerprint density at radius 1 is 0.700 bits per heavy atom. The summed E-state index contributed by atoms with van der Waals surface area (Å²) in [5, 5.41) is 19.4. The molecule has 12 heteroatoms. The number of nitrogens with zero attached hydrogens (tertiary/aromatic N) is 2. The van der Waals surface area contributed by atoms with E-state index in [1.165, 1.54) is 46.8 Å². The van der Waals surface area contributed by atoms with E-state index in [9.17, 15) is 10.0 Å². The van der Waals surface area contributed by atoms with Crippen LogP contribution in [0.4, 0.5) is 0 Å². The highest BCUT2D eigenvalue weighted by atomic mass is 35.6. The third-order valence-electron chi connectivity index (χ3n) is 6.90. The lowest BCUT2D eigenvalue weighted by atomic mass is 10.0. The van der Waals surface area contributed by atoms with Gasteiger partial charge in [-0.25, -0.2) is 4.79 Å². The van der Waals surface area contributed by atoms with Crippen molar-refractivity contribution >= 4 is 75.6 Å². The summed E-state index contributed by atoms with van der Waals surface area (Å²) in [5.74, 6) is 0.680. The second-order valence-corrected chi connectivity index (χ2v) is 13.7. The van der Waals surface area contributed by atoms with E-state index < -0.39 is 10.3 Å². The zero-order valence-electron chi connectivity index (χ0n) is 27.1. The number of aryl methyl sites for hydroxylation is 2. The number of pyridine rings is 2. The van der Waals surface area contributed by atoms with Gasteiger partial charge in [0.15, 0.2) is 16.7 Å². The molecule has 0 aliphatic rings. The Kier molecular flexibility index (Phi) is 22.3. The predicted molar refractivity (Wildman–Crippen MR) is 209 cm³/mol. The summed E-state index contributed by atoms with van der Waals surface area (Å²) in [7, 11) is 0. The van der Waals surface area contributed by atoms with Crippen molar-refractivity contribution in [3.8, 4) is 22.3 Å². The van der Waals surface area contributed by atoms with Crippen LogP contribution in [0.5, 0.6) is 0 Å². The summed E-state index contributed by atoms with van der Waals surface area (Å²) < 4.78 is 0.0457. The second-order valence-electron chi connectivity index (χ2n) is 10.5. The largest absolute Gasteiger partial charge is 0.619 e. The molecule has 0 saturated heterocycles. The molecule has 2 aromatic heterocycles. The predicted octanol–water partition coefficient (Wildman–Crippen LogP) is 11.8. The number of rotatable bonds is 11. The number of carbonyl (C=O) groups is 1. The highest BCUT2D eigenvalue weighted by Gasteiger charge is 2.05. The van der Waals surface area contributed by atoms with E-state index in [0.717, 1.165) is 66.1 Å². The van der Waals surface area contributed by atoms with E-state index in [0.29, 0.717) is 5.02 Å². The third kappa shape index (κ3) is 18.2. The van der Waals surface area contributed by atoms with E-state index in [4.69, 9.17) is 74.9 Å². The zero-order valence-corrected chi connectivity index (χ0v) is 31.7. The van der Waals surface area contributed by atoms with E-state index in [1.807, 2.05) is 36.7 Å². The second kappa shape index (κ2) is 25.8. The molecule has 266 valence electrons. The normalized spacial score (nSPS) is 10.1. The Balaban J connectivity index is 0.000000253. The van der Waals surface area contributed by atoms with Gasteiger partial charge in [-0.3, -0.25) is 9.87 Å². The number of carbonyl (C=O) groups excluding carboxylic acids is 1. The number of halogens is 6. The number of unbranched alkanes of at least 4 members (excludes halogenated alkanes) is 2. The van der Waals surface area contributed by atoms with Crippen LogP contribution in [0.25, 0.3) is 22.3 Å². The molecule has 0 saturated carbocycles. The fourth-order valence-electron chi connectivity index (χ4n) is 4.39. The molecule has 0 aliphatic carbocycles. The maximum Gasteiger partial charge on any atom is 0.372 e. The van der Waals surface area contributed by atoms with Crippen molar-refractivity contribution in [2.75, 3.05) is 11.8 Å². The standard InChI is InChI=1S/C15H16ClNO.C15H16ClN.C7H5ClO3.CHCl3/c16-10-2-1-3-13-4-6-14(7-5-13)15-8-11-17(18)12-9-15;16-10-2-1-3-13-4-6-14(7-5-13)15-8-11-17-12-9-15;8-6-3-1-2-5(4-6)7(9)11-10;2-1(3)4/h4-9,11-12H,1-3,10H2;4-9,11-12H,1-3,10H2;1-4,10H;1H. The first kappa shape index (κ1) is 43.1. The van der Waals surface area contributed by atoms with Crippen LogP contribution >= 0.6 is 69.6 Å². The molecule has 0 radical (unpaired) electrons. The first-order valence-corrected chi connectivity index (χ1v) is 18.3. The van der Waals surface area contributed by atoms with E-state index in [1.54, 1.807) is 12.1 Å². The van der Waals surface area contributed by atoms with Crippen molar-refractivity contribution < 1.29 is 19.7 Å². The summed E-state index contributed by atoms with van der Waals surface area (Å²) in [6.45, 7) is 0. The van der Waals surface area contributed by atoms with Gasteiger partial charge in [0.1, 0.15) is 0 Å². The van der Waals surface area contributed by atoms with Gasteiger partial charge in [0.05, 0.1) is 5.56 Å². The highest BCUT2D eigenvalue weighted by molar-refractivity contribution is 6.63. The lowest BCUT2D eigenvalue weighted by molar-refractivity contribution is -0.605. The molecular weight excluding hydrogens is 761 g/mol. The van der Waals surface area contributed by atoms with Crippen molar-refractivity contribution in [3.63, 3.8) is 0 Å². The quantitative estimate of drug-likeness (QED) is 0.0359.